The van der Waals surface area contributed by atoms with Crippen LogP contribution < -0.4 is 26.5 Å². The number of piperidine rings is 1. The van der Waals surface area contributed by atoms with Gasteiger partial charge in [-0.3, -0.25) is 9.80 Å². The van der Waals surface area contributed by atoms with E-state index in [0.29, 0.717) is 17.5 Å². The number of fused-ring (bicyclic) bond motifs is 1. The van der Waals surface area contributed by atoms with Gasteiger partial charge in [-0.25, -0.2) is 5.43 Å². The van der Waals surface area contributed by atoms with Gasteiger partial charge in [0.05, 0.1) is 17.7 Å². The smallest absolute Gasteiger partial charge is 0.250 e. The Morgan fingerprint density at radius 2 is 1.65 bits per heavy atom. The van der Waals surface area contributed by atoms with Gasteiger partial charge in [0.2, 0.25) is 5.91 Å². The van der Waals surface area contributed by atoms with Crippen LogP contribution in [0.5, 0.6) is 11.5 Å². The largest absolute Gasteiger partial charge is 0.457 e. The van der Waals surface area contributed by atoms with E-state index in [4.69, 9.17) is 10.5 Å². The second kappa shape index (κ2) is 8.61. The number of nitrogens with zero attached hydrogens (tertiary/aromatic N) is 1. The van der Waals surface area contributed by atoms with Crippen LogP contribution in [-0.2, 0) is 4.79 Å². The van der Waals surface area contributed by atoms with E-state index >= 15 is 0 Å². The molecule has 3 heterocycles. The SMILES string of the molecule is NC(=O)C1=C2NCC[C@@H](C3CCNCC3)N2NC1c1ccc(Oc2ccccc2)cc1. The molecule has 2 aromatic rings. The highest BCUT2D eigenvalue weighted by atomic mass is 16.5. The topological polar surface area (TPSA) is 91.7 Å². The summed E-state index contributed by atoms with van der Waals surface area (Å²) < 4.78 is 5.91. The van der Waals surface area contributed by atoms with Gasteiger partial charge in [-0.15, -0.1) is 0 Å². The summed E-state index contributed by atoms with van der Waals surface area (Å²) in [7, 11) is 0. The van der Waals surface area contributed by atoms with E-state index in [0.717, 1.165) is 61.8 Å². The number of rotatable bonds is 5. The molecule has 0 aromatic heterocycles. The number of nitrogens with two attached hydrogens (primary N) is 1. The van der Waals surface area contributed by atoms with Crippen molar-refractivity contribution in [1.82, 2.24) is 21.1 Å². The van der Waals surface area contributed by atoms with Crippen molar-refractivity contribution in [2.75, 3.05) is 19.6 Å². The normalized spacial score (nSPS) is 23.9. The lowest BCUT2D eigenvalue weighted by Crippen LogP contribution is -2.54. The van der Waals surface area contributed by atoms with E-state index in [-0.39, 0.29) is 6.04 Å². The monoisotopic (exact) mass is 419 g/mol. The number of ether oxygens (including phenoxy) is 1. The van der Waals surface area contributed by atoms with Crippen LogP contribution in [0.1, 0.15) is 30.9 Å². The molecule has 0 aliphatic carbocycles. The molecule has 7 heteroatoms. The lowest BCUT2D eigenvalue weighted by molar-refractivity contribution is -0.114. The van der Waals surface area contributed by atoms with Crippen LogP contribution in [0.4, 0.5) is 0 Å². The van der Waals surface area contributed by atoms with Crippen molar-refractivity contribution in [2.45, 2.75) is 31.3 Å². The average Bonchev–Trinajstić information content (AvgIpc) is 3.21. The van der Waals surface area contributed by atoms with E-state index in [1.54, 1.807) is 0 Å². The van der Waals surface area contributed by atoms with Crippen molar-refractivity contribution in [2.24, 2.45) is 11.7 Å². The molecule has 0 spiro atoms. The molecule has 0 radical (unpaired) electrons. The van der Waals surface area contributed by atoms with Crippen molar-refractivity contribution >= 4 is 5.91 Å². The highest BCUT2D eigenvalue weighted by Gasteiger charge is 2.42. The van der Waals surface area contributed by atoms with Gasteiger partial charge in [-0.2, -0.15) is 0 Å². The zero-order valence-electron chi connectivity index (χ0n) is 17.5. The molecule has 0 saturated carbocycles. The maximum absolute atomic E-state index is 12.5. The van der Waals surface area contributed by atoms with Gasteiger partial charge in [0.15, 0.2) is 0 Å². The quantitative estimate of drug-likeness (QED) is 0.595. The van der Waals surface area contributed by atoms with Crippen molar-refractivity contribution in [1.29, 1.82) is 0 Å². The first kappa shape index (κ1) is 19.9. The number of carbonyl (C=O) groups excluding carboxylic acids is 1. The number of hydrogen-bond donors (Lipinski definition) is 4. The van der Waals surface area contributed by atoms with Gasteiger partial charge < -0.3 is 21.1 Å². The second-order valence-corrected chi connectivity index (χ2v) is 8.41. The summed E-state index contributed by atoms with van der Waals surface area (Å²) >= 11 is 0. The van der Waals surface area contributed by atoms with Gasteiger partial charge in [-0.05, 0) is 68.1 Å². The number of hydrogen-bond acceptors (Lipinski definition) is 6. The number of primary amides is 1. The Morgan fingerprint density at radius 1 is 0.935 bits per heavy atom. The van der Waals surface area contributed by atoms with E-state index in [2.05, 4.69) is 21.1 Å². The molecule has 7 nitrogen and oxygen atoms in total. The average molecular weight is 420 g/mol. The zero-order valence-corrected chi connectivity index (χ0v) is 17.5. The van der Waals surface area contributed by atoms with Gasteiger partial charge >= 0.3 is 0 Å². The maximum atomic E-state index is 12.5. The Bertz CT molecular complexity index is 954. The molecule has 3 aliphatic rings. The maximum Gasteiger partial charge on any atom is 0.250 e. The molecule has 2 aromatic carbocycles. The standard InChI is InChI=1S/C24H29N5O2/c25-23(30)21-22(17-6-8-19(9-7-17)31-18-4-2-1-3-5-18)28-29-20(12-15-27-24(21)29)16-10-13-26-14-11-16/h1-9,16,20,22,26-28H,10-15H2,(H2,25,30)/t20-,22?/m0/s1. The summed E-state index contributed by atoms with van der Waals surface area (Å²) in [5, 5.41) is 9.05. The molecule has 162 valence electrons. The Balaban J connectivity index is 1.39. The van der Waals surface area contributed by atoms with E-state index < -0.39 is 5.91 Å². The van der Waals surface area contributed by atoms with Crippen molar-refractivity contribution in [3.63, 3.8) is 0 Å². The molecule has 1 amide bonds. The molecule has 5 N–H and O–H groups in total. The van der Waals surface area contributed by atoms with Gasteiger partial charge in [-0.1, -0.05) is 30.3 Å². The third-order valence-corrected chi connectivity index (χ3v) is 6.50. The first-order valence-electron chi connectivity index (χ1n) is 11.1. The third kappa shape index (κ3) is 3.98. The van der Waals surface area contributed by atoms with Crippen LogP contribution in [-0.4, -0.2) is 36.6 Å². The van der Waals surface area contributed by atoms with Crippen LogP contribution >= 0.6 is 0 Å². The predicted octanol–water partition coefficient (Wildman–Crippen LogP) is 2.40. The fourth-order valence-electron chi connectivity index (χ4n) is 4.97. The van der Waals surface area contributed by atoms with Crippen molar-refractivity contribution in [3.05, 3.63) is 71.6 Å². The molecule has 3 aliphatic heterocycles. The number of amides is 1. The Labute approximate surface area is 182 Å². The summed E-state index contributed by atoms with van der Waals surface area (Å²) in [6.07, 6.45) is 3.35. The molecule has 2 fully saturated rings. The summed E-state index contributed by atoms with van der Waals surface area (Å²) in [5.74, 6) is 2.60. The van der Waals surface area contributed by atoms with Crippen LogP contribution in [0.15, 0.2) is 66.0 Å². The van der Waals surface area contributed by atoms with E-state index in [1.165, 1.54) is 0 Å². The number of nitrogens with one attached hydrogen (secondary N) is 3. The van der Waals surface area contributed by atoms with Crippen molar-refractivity contribution in [3.8, 4) is 11.5 Å². The number of benzene rings is 2. The van der Waals surface area contributed by atoms with Crippen LogP contribution in [0.2, 0.25) is 0 Å². The minimum atomic E-state index is -0.391. The molecule has 2 atom stereocenters. The number of para-hydroxylation sites is 1. The van der Waals surface area contributed by atoms with E-state index in [1.807, 2.05) is 54.6 Å². The first-order chi connectivity index (χ1) is 15.2. The van der Waals surface area contributed by atoms with Gasteiger partial charge in [0.25, 0.3) is 0 Å². The predicted molar refractivity (Wildman–Crippen MR) is 119 cm³/mol. The Morgan fingerprint density at radius 3 is 2.35 bits per heavy atom. The first-order valence-corrected chi connectivity index (χ1v) is 11.1. The number of carbonyl (C=O) groups is 1. The highest BCUT2D eigenvalue weighted by Crippen LogP contribution is 2.38. The summed E-state index contributed by atoms with van der Waals surface area (Å²) in [5.41, 5.74) is 11.0. The molecule has 31 heavy (non-hydrogen) atoms. The van der Waals surface area contributed by atoms with Crippen LogP contribution in [0.3, 0.4) is 0 Å². The summed E-state index contributed by atoms with van der Waals surface area (Å²) in [6, 6.07) is 17.6. The highest BCUT2D eigenvalue weighted by molar-refractivity contribution is 5.94. The molecule has 1 unspecified atom stereocenters. The third-order valence-electron chi connectivity index (χ3n) is 6.50. The zero-order chi connectivity index (χ0) is 21.2. The molecule has 0 bridgehead atoms. The summed E-state index contributed by atoms with van der Waals surface area (Å²) in [6.45, 7) is 2.96. The Hall–Kier alpha value is -3.03. The van der Waals surface area contributed by atoms with E-state index in [9.17, 15) is 4.79 Å². The lowest BCUT2D eigenvalue weighted by Gasteiger charge is -2.42. The molecular formula is C24H29N5O2. The Kier molecular flexibility index (Phi) is 5.53. The van der Waals surface area contributed by atoms with Gasteiger partial charge in [0, 0.05) is 6.54 Å². The fourth-order valence-corrected chi connectivity index (χ4v) is 4.97. The van der Waals surface area contributed by atoms with Crippen LogP contribution in [0, 0.1) is 5.92 Å². The molecule has 5 rings (SSSR count). The fraction of sp³-hybridized carbons (Fsp3) is 0.375. The molecule has 2 saturated heterocycles. The summed E-state index contributed by atoms with van der Waals surface area (Å²) in [4.78, 5) is 12.5. The lowest BCUT2D eigenvalue weighted by atomic mass is 9.87. The van der Waals surface area contributed by atoms with Crippen molar-refractivity contribution < 1.29 is 9.53 Å². The second-order valence-electron chi connectivity index (χ2n) is 8.41. The van der Waals surface area contributed by atoms with Crippen LogP contribution in [0.25, 0.3) is 0 Å². The minimum Gasteiger partial charge on any atom is -0.457 e. The number of hydrazine groups is 1. The minimum absolute atomic E-state index is 0.270. The van der Waals surface area contributed by atoms with Gasteiger partial charge in [0.1, 0.15) is 17.3 Å². The molecular weight excluding hydrogens is 390 g/mol.